The molecule has 0 radical (unpaired) electrons. The molecule has 3 unspecified atom stereocenters. The number of rotatable bonds is 18. The SMILES string of the molecule is C=CCCCCOC(=O)[C@H]1[C@H]2C(=O)N(CCCCCCO)C(C(=O)N(CC=C)CCCC)C23CC(Br)[C@@H]1O3. The first kappa shape index (κ1) is 30.8. The zero-order chi connectivity index (χ0) is 27.7. The normalized spacial score (nSPS) is 29.4. The predicted molar refractivity (Wildman–Crippen MR) is 150 cm³/mol. The van der Waals surface area contributed by atoms with Crippen LogP contribution in [0.15, 0.2) is 25.3 Å². The molecule has 0 aromatic carbocycles. The van der Waals surface area contributed by atoms with E-state index in [-0.39, 0.29) is 29.9 Å². The van der Waals surface area contributed by atoms with Gasteiger partial charge in [0.25, 0.3) is 0 Å². The average Bonchev–Trinajstić information content (AvgIpc) is 3.49. The highest BCUT2D eigenvalue weighted by Crippen LogP contribution is 2.60. The van der Waals surface area contributed by atoms with Gasteiger partial charge in [-0.15, -0.1) is 13.2 Å². The first-order chi connectivity index (χ1) is 18.4. The van der Waals surface area contributed by atoms with Crippen LogP contribution in [0.5, 0.6) is 0 Å². The predicted octanol–water partition coefficient (Wildman–Crippen LogP) is 4.00. The smallest absolute Gasteiger partial charge is 0.312 e. The number of carbonyl (C=O) groups is 3. The number of hydrogen-bond acceptors (Lipinski definition) is 6. The third-order valence-electron chi connectivity index (χ3n) is 8.09. The van der Waals surface area contributed by atoms with Crippen LogP contribution in [0.2, 0.25) is 0 Å². The van der Waals surface area contributed by atoms with E-state index in [1.807, 2.05) is 6.08 Å². The van der Waals surface area contributed by atoms with Crippen molar-refractivity contribution in [3.8, 4) is 0 Å². The topological polar surface area (TPSA) is 96.4 Å². The highest BCUT2D eigenvalue weighted by Gasteiger charge is 2.77. The number of amides is 2. The first-order valence-electron chi connectivity index (χ1n) is 14.3. The van der Waals surface area contributed by atoms with Crippen LogP contribution in [0, 0.1) is 11.8 Å². The fourth-order valence-electron chi connectivity index (χ4n) is 6.30. The van der Waals surface area contributed by atoms with Crippen molar-refractivity contribution in [2.24, 2.45) is 11.8 Å². The summed E-state index contributed by atoms with van der Waals surface area (Å²) in [5.74, 6) is -2.20. The molecule has 3 fully saturated rings. The molecule has 3 aliphatic rings. The van der Waals surface area contributed by atoms with Gasteiger partial charge in [0.05, 0.1) is 24.5 Å². The summed E-state index contributed by atoms with van der Waals surface area (Å²) in [5.41, 5.74) is -1.06. The molecule has 1 N–H and O–H groups in total. The Morgan fingerprint density at radius 1 is 1.18 bits per heavy atom. The zero-order valence-corrected chi connectivity index (χ0v) is 24.4. The van der Waals surface area contributed by atoms with Gasteiger partial charge in [0.1, 0.15) is 11.6 Å². The molecule has 8 nitrogen and oxygen atoms in total. The van der Waals surface area contributed by atoms with Gasteiger partial charge < -0.3 is 24.4 Å². The second-order valence-corrected chi connectivity index (χ2v) is 11.9. The number of allylic oxidation sites excluding steroid dienone is 1. The fraction of sp³-hybridized carbons (Fsp3) is 0.759. The van der Waals surface area contributed by atoms with Crippen molar-refractivity contribution >= 4 is 33.7 Å². The Morgan fingerprint density at radius 2 is 1.95 bits per heavy atom. The zero-order valence-electron chi connectivity index (χ0n) is 22.8. The van der Waals surface area contributed by atoms with Gasteiger partial charge in [-0.3, -0.25) is 14.4 Å². The summed E-state index contributed by atoms with van der Waals surface area (Å²) < 4.78 is 12.2. The number of unbranched alkanes of at least 4 members (excludes halogenated alkanes) is 6. The highest BCUT2D eigenvalue weighted by atomic mass is 79.9. The maximum atomic E-state index is 14.1. The number of nitrogens with zero attached hydrogens (tertiary/aromatic N) is 2. The molecule has 2 bridgehead atoms. The van der Waals surface area contributed by atoms with E-state index in [1.54, 1.807) is 15.9 Å². The summed E-state index contributed by atoms with van der Waals surface area (Å²) in [5, 5.41) is 9.11. The number of alkyl halides is 1. The monoisotopic (exact) mass is 596 g/mol. The minimum absolute atomic E-state index is 0.136. The van der Waals surface area contributed by atoms with Crippen molar-refractivity contribution in [2.75, 3.05) is 32.8 Å². The maximum absolute atomic E-state index is 14.1. The van der Waals surface area contributed by atoms with Crippen LogP contribution in [0.4, 0.5) is 0 Å². The number of halogens is 1. The Balaban J connectivity index is 1.88. The van der Waals surface area contributed by atoms with E-state index in [9.17, 15) is 14.4 Å². The van der Waals surface area contributed by atoms with Crippen molar-refractivity contribution in [1.82, 2.24) is 9.80 Å². The van der Waals surface area contributed by atoms with Crippen LogP contribution in [-0.4, -0.2) is 88.1 Å². The third-order valence-corrected chi connectivity index (χ3v) is 8.94. The number of aliphatic hydroxyl groups is 1. The Bertz CT molecular complexity index is 853. The van der Waals surface area contributed by atoms with Crippen LogP contribution in [0.25, 0.3) is 0 Å². The lowest BCUT2D eigenvalue weighted by atomic mass is 9.70. The molecule has 2 amide bonds. The van der Waals surface area contributed by atoms with E-state index in [4.69, 9.17) is 14.6 Å². The Morgan fingerprint density at radius 3 is 2.63 bits per heavy atom. The van der Waals surface area contributed by atoms with Gasteiger partial charge in [-0.25, -0.2) is 0 Å². The van der Waals surface area contributed by atoms with Crippen LogP contribution in [0.1, 0.15) is 71.1 Å². The van der Waals surface area contributed by atoms with Crippen molar-refractivity contribution in [2.45, 2.75) is 93.7 Å². The minimum atomic E-state index is -1.06. The number of carbonyl (C=O) groups excluding carboxylic acids is 3. The fourth-order valence-corrected chi connectivity index (χ4v) is 7.24. The molecule has 38 heavy (non-hydrogen) atoms. The minimum Gasteiger partial charge on any atom is -0.465 e. The highest BCUT2D eigenvalue weighted by molar-refractivity contribution is 9.09. The van der Waals surface area contributed by atoms with Gasteiger partial charge in [0.2, 0.25) is 11.8 Å². The maximum Gasteiger partial charge on any atom is 0.312 e. The molecular weight excluding hydrogens is 552 g/mol. The molecule has 6 atom stereocenters. The molecule has 0 aromatic heterocycles. The molecule has 3 heterocycles. The largest absolute Gasteiger partial charge is 0.465 e. The van der Waals surface area contributed by atoms with Gasteiger partial charge in [0.15, 0.2) is 0 Å². The number of hydrogen-bond donors (Lipinski definition) is 1. The van der Waals surface area contributed by atoms with E-state index in [0.717, 1.165) is 44.9 Å². The third kappa shape index (κ3) is 6.36. The molecule has 3 saturated heterocycles. The number of fused-ring (bicyclic) bond motifs is 1. The van der Waals surface area contributed by atoms with Crippen LogP contribution in [0.3, 0.4) is 0 Å². The van der Waals surface area contributed by atoms with Crippen LogP contribution in [-0.2, 0) is 23.9 Å². The van der Waals surface area contributed by atoms with Gasteiger partial charge in [0, 0.05) is 31.1 Å². The van der Waals surface area contributed by atoms with Crippen LogP contribution < -0.4 is 0 Å². The molecule has 3 aliphatic heterocycles. The van der Waals surface area contributed by atoms with Gasteiger partial charge in [-0.2, -0.15) is 0 Å². The van der Waals surface area contributed by atoms with E-state index < -0.39 is 35.6 Å². The van der Waals surface area contributed by atoms with Crippen molar-refractivity contribution in [3.63, 3.8) is 0 Å². The summed E-state index contributed by atoms with van der Waals surface area (Å²) in [4.78, 5) is 44.8. The Kier molecular flexibility index (Phi) is 11.9. The molecule has 0 aliphatic carbocycles. The quantitative estimate of drug-likeness (QED) is 0.111. The summed E-state index contributed by atoms with van der Waals surface area (Å²) in [7, 11) is 0. The number of esters is 1. The summed E-state index contributed by atoms with van der Waals surface area (Å²) >= 11 is 3.71. The lowest BCUT2D eigenvalue weighted by Gasteiger charge is -2.37. The lowest BCUT2D eigenvalue weighted by molar-refractivity contribution is -0.155. The van der Waals surface area contributed by atoms with Crippen molar-refractivity contribution in [3.05, 3.63) is 25.3 Å². The van der Waals surface area contributed by atoms with E-state index >= 15 is 0 Å². The molecule has 1 spiro atoms. The Hall–Kier alpha value is -1.71. The van der Waals surface area contributed by atoms with Crippen molar-refractivity contribution in [1.29, 1.82) is 0 Å². The molecule has 0 saturated carbocycles. The first-order valence-corrected chi connectivity index (χ1v) is 15.2. The Labute approximate surface area is 235 Å². The standard InChI is InChI=1S/C29H45BrN2O6/c1-4-7-9-14-19-37-28(36)22-23-26(34)32(17-12-10-11-13-18-33)25(29(23)20-21(30)24(22)38-29)27(35)31(15-6-3)16-8-5-2/h4,6,21-25,33H,1,3,5,7-20H2,2H3/t21?,22-,23-,24-,25?,29?/m0/s1. The second-order valence-electron chi connectivity index (χ2n) is 10.7. The van der Waals surface area contributed by atoms with E-state index in [2.05, 4.69) is 36.0 Å². The average molecular weight is 598 g/mol. The lowest BCUT2D eigenvalue weighted by Crippen LogP contribution is -2.57. The van der Waals surface area contributed by atoms with E-state index in [0.29, 0.717) is 38.9 Å². The molecule has 3 rings (SSSR count). The summed E-state index contributed by atoms with van der Waals surface area (Å²) in [6.07, 6.45) is 10.9. The van der Waals surface area contributed by atoms with Gasteiger partial charge >= 0.3 is 5.97 Å². The molecule has 0 aromatic rings. The second kappa shape index (κ2) is 14.6. The summed E-state index contributed by atoms with van der Waals surface area (Å²) in [6, 6.07) is -0.787. The molecule has 214 valence electrons. The summed E-state index contributed by atoms with van der Waals surface area (Å²) in [6.45, 7) is 11.5. The van der Waals surface area contributed by atoms with Crippen molar-refractivity contribution < 1.29 is 29.0 Å². The van der Waals surface area contributed by atoms with Gasteiger partial charge in [-0.1, -0.05) is 54.3 Å². The number of ether oxygens (including phenoxy) is 2. The van der Waals surface area contributed by atoms with Gasteiger partial charge in [-0.05, 0) is 44.9 Å². The molecule has 9 heteroatoms. The molecular formula is C29H45BrN2O6. The number of likely N-dealkylation sites (tertiary alicyclic amines) is 1. The number of aliphatic hydroxyl groups excluding tert-OH is 1. The van der Waals surface area contributed by atoms with E-state index in [1.165, 1.54) is 0 Å². The van der Waals surface area contributed by atoms with Crippen LogP contribution >= 0.6 is 15.9 Å².